The Kier molecular flexibility index (Phi) is 6.28. The maximum Gasteiger partial charge on any atom is 0.262 e. The minimum absolute atomic E-state index is 0.0399. The van der Waals surface area contributed by atoms with Crippen LogP contribution in [0.3, 0.4) is 0 Å². The van der Waals surface area contributed by atoms with Crippen molar-refractivity contribution < 1.29 is 28.9 Å². The molecule has 2 aromatic carbocycles. The number of carbonyl (C=O) groups excluding carboxylic acids is 2. The molecule has 27 heavy (non-hydrogen) atoms. The van der Waals surface area contributed by atoms with Gasteiger partial charge in [0.2, 0.25) is 0 Å². The molecule has 0 saturated heterocycles. The monoisotopic (exact) mass is 372 g/mol. The molecule has 0 bridgehead atoms. The SMILES string of the molecule is COc1cc(NC(=O)COc2cc(C)c(C)cc2C)c(C(=O)[O-])cc1OC. The van der Waals surface area contributed by atoms with Crippen LogP contribution in [0.5, 0.6) is 17.2 Å². The molecule has 1 N–H and O–H groups in total. The number of hydrogen-bond acceptors (Lipinski definition) is 6. The highest BCUT2D eigenvalue weighted by Gasteiger charge is 2.15. The van der Waals surface area contributed by atoms with Crippen molar-refractivity contribution in [2.45, 2.75) is 20.8 Å². The molecule has 0 aliphatic carbocycles. The lowest BCUT2D eigenvalue weighted by Gasteiger charge is -2.17. The third-order valence-corrected chi connectivity index (χ3v) is 4.17. The van der Waals surface area contributed by atoms with E-state index in [0.29, 0.717) is 5.75 Å². The molecule has 0 aliphatic rings. The van der Waals surface area contributed by atoms with Crippen LogP contribution in [0, 0.1) is 20.8 Å². The predicted octanol–water partition coefficient (Wildman–Crippen LogP) is 2.01. The fourth-order valence-corrected chi connectivity index (χ4v) is 2.57. The minimum Gasteiger partial charge on any atom is -0.545 e. The summed E-state index contributed by atoms with van der Waals surface area (Å²) < 4.78 is 15.8. The number of amides is 1. The van der Waals surface area contributed by atoms with E-state index in [9.17, 15) is 14.7 Å². The number of methoxy groups -OCH3 is 2. The lowest BCUT2D eigenvalue weighted by molar-refractivity contribution is -0.254. The van der Waals surface area contributed by atoms with Crippen LogP contribution in [-0.4, -0.2) is 32.7 Å². The van der Waals surface area contributed by atoms with Gasteiger partial charge in [-0.1, -0.05) is 6.07 Å². The van der Waals surface area contributed by atoms with E-state index in [2.05, 4.69) is 5.32 Å². The second-order valence-corrected chi connectivity index (χ2v) is 6.08. The highest BCUT2D eigenvalue weighted by molar-refractivity contribution is 6.01. The summed E-state index contributed by atoms with van der Waals surface area (Å²) in [4.78, 5) is 23.6. The average molecular weight is 372 g/mol. The van der Waals surface area contributed by atoms with Crippen molar-refractivity contribution in [1.29, 1.82) is 0 Å². The summed E-state index contributed by atoms with van der Waals surface area (Å²) in [6.07, 6.45) is 0. The number of carbonyl (C=O) groups is 2. The van der Waals surface area contributed by atoms with E-state index in [1.54, 1.807) is 0 Å². The number of rotatable bonds is 7. The fourth-order valence-electron chi connectivity index (χ4n) is 2.57. The van der Waals surface area contributed by atoms with Crippen LogP contribution in [0.1, 0.15) is 27.0 Å². The molecule has 7 heteroatoms. The predicted molar refractivity (Wildman–Crippen MR) is 98.7 cm³/mol. The van der Waals surface area contributed by atoms with Gasteiger partial charge in [-0.25, -0.2) is 0 Å². The van der Waals surface area contributed by atoms with Gasteiger partial charge >= 0.3 is 0 Å². The van der Waals surface area contributed by atoms with Crippen LogP contribution in [0.4, 0.5) is 5.69 Å². The fraction of sp³-hybridized carbons (Fsp3) is 0.300. The lowest BCUT2D eigenvalue weighted by Crippen LogP contribution is -2.26. The van der Waals surface area contributed by atoms with E-state index in [1.165, 1.54) is 26.4 Å². The van der Waals surface area contributed by atoms with Gasteiger partial charge < -0.3 is 29.4 Å². The zero-order valence-corrected chi connectivity index (χ0v) is 16.0. The number of aryl methyl sites for hydroxylation is 3. The van der Waals surface area contributed by atoms with Crippen molar-refractivity contribution in [2.75, 3.05) is 26.1 Å². The van der Waals surface area contributed by atoms with Gasteiger partial charge in [0.15, 0.2) is 18.1 Å². The lowest BCUT2D eigenvalue weighted by atomic mass is 10.1. The number of benzene rings is 2. The van der Waals surface area contributed by atoms with E-state index in [4.69, 9.17) is 14.2 Å². The molecule has 0 radical (unpaired) electrons. The molecular weight excluding hydrogens is 350 g/mol. The standard InChI is InChI=1S/C20H23NO6/c1-11-6-13(3)16(7-12(11)2)27-10-19(22)21-15-9-18(26-5)17(25-4)8-14(15)20(23)24/h6-9H,10H2,1-5H3,(H,21,22)(H,23,24)/p-1. The number of carboxylic acid groups (broad SMARTS) is 1. The molecule has 0 heterocycles. The van der Waals surface area contributed by atoms with Gasteiger partial charge in [0.05, 0.1) is 25.9 Å². The van der Waals surface area contributed by atoms with Crippen LogP contribution >= 0.6 is 0 Å². The van der Waals surface area contributed by atoms with Crippen LogP contribution < -0.4 is 24.6 Å². The van der Waals surface area contributed by atoms with Gasteiger partial charge in [0, 0.05) is 11.6 Å². The van der Waals surface area contributed by atoms with Crippen LogP contribution in [0.25, 0.3) is 0 Å². The Balaban J connectivity index is 2.18. The third kappa shape index (κ3) is 4.69. The second-order valence-electron chi connectivity index (χ2n) is 6.08. The van der Waals surface area contributed by atoms with Gasteiger partial charge in [-0.2, -0.15) is 0 Å². The summed E-state index contributed by atoms with van der Waals surface area (Å²) in [6.45, 7) is 5.57. The molecule has 7 nitrogen and oxygen atoms in total. The van der Waals surface area contributed by atoms with Crippen molar-refractivity contribution in [2.24, 2.45) is 0 Å². The maximum atomic E-state index is 12.3. The summed E-state index contributed by atoms with van der Waals surface area (Å²) in [6, 6.07) is 6.44. The molecule has 0 fully saturated rings. The van der Waals surface area contributed by atoms with Crippen LogP contribution in [0.2, 0.25) is 0 Å². The molecule has 0 unspecified atom stereocenters. The van der Waals surface area contributed by atoms with E-state index >= 15 is 0 Å². The van der Waals surface area contributed by atoms with Gasteiger partial charge in [-0.15, -0.1) is 0 Å². The van der Waals surface area contributed by atoms with Crippen LogP contribution in [0.15, 0.2) is 24.3 Å². The van der Waals surface area contributed by atoms with E-state index in [1.807, 2.05) is 32.9 Å². The highest BCUT2D eigenvalue weighted by atomic mass is 16.5. The summed E-state index contributed by atoms with van der Waals surface area (Å²) >= 11 is 0. The Morgan fingerprint density at radius 1 is 0.889 bits per heavy atom. The van der Waals surface area contributed by atoms with Gasteiger partial charge in [-0.3, -0.25) is 4.79 Å². The first kappa shape index (κ1) is 20.1. The molecule has 0 atom stereocenters. The smallest absolute Gasteiger partial charge is 0.262 e. The zero-order valence-electron chi connectivity index (χ0n) is 16.0. The summed E-state index contributed by atoms with van der Waals surface area (Å²) in [5.41, 5.74) is 2.91. The molecule has 0 spiro atoms. The first-order valence-electron chi connectivity index (χ1n) is 8.24. The normalized spacial score (nSPS) is 10.3. The zero-order chi connectivity index (χ0) is 20.1. The number of anilines is 1. The summed E-state index contributed by atoms with van der Waals surface area (Å²) in [7, 11) is 2.79. The maximum absolute atomic E-state index is 12.3. The number of aromatic carboxylic acids is 1. The Morgan fingerprint density at radius 3 is 2.07 bits per heavy atom. The molecule has 1 amide bonds. The Hall–Kier alpha value is -3.22. The van der Waals surface area contributed by atoms with Crippen molar-refractivity contribution in [3.63, 3.8) is 0 Å². The first-order valence-corrected chi connectivity index (χ1v) is 8.24. The van der Waals surface area contributed by atoms with Gasteiger partial charge in [0.25, 0.3) is 5.91 Å². The molecule has 0 saturated carbocycles. The van der Waals surface area contributed by atoms with E-state index in [0.717, 1.165) is 16.7 Å². The van der Waals surface area contributed by atoms with Crippen molar-refractivity contribution >= 4 is 17.6 Å². The first-order chi connectivity index (χ1) is 12.8. The molecule has 0 aliphatic heterocycles. The summed E-state index contributed by atoms with van der Waals surface area (Å²) in [5.74, 6) is -0.861. The van der Waals surface area contributed by atoms with Crippen molar-refractivity contribution in [1.82, 2.24) is 0 Å². The topological polar surface area (TPSA) is 96.9 Å². The largest absolute Gasteiger partial charge is 0.545 e. The van der Waals surface area contributed by atoms with Crippen LogP contribution in [-0.2, 0) is 4.79 Å². The number of ether oxygens (including phenoxy) is 3. The van der Waals surface area contributed by atoms with Crippen molar-refractivity contribution in [3.8, 4) is 17.2 Å². The number of nitrogens with one attached hydrogen (secondary N) is 1. The minimum atomic E-state index is -1.45. The summed E-state index contributed by atoms with van der Waals surface area (Å²) in [5, 5.41) is 13.9. The number of hydrogen-bond donors (Lipinski definition) is 1. The quantitative estimate of drug-likeness (QED) is 0.799. The molecule has 2 aromatic rings. The average Bonchev–Trinajstić information content (AvgIpc) is 2.62. The van der Waals surface area contributed by atoms with Gasteiger partial charge in [-0.05, 0) is 49.6 Å². The van der Waals surface area contributed by atoms with E-state index in [-0.39, 0.29) is 29.4 Å². The Bertz CT molecular complexity index is 875. The van der Waals surface area contributed by atoms with E-state index < -0.39 is 11.9 Å². The third-order valence-electron chi connectivity index (χ3n) is 4.17. The molecular formula is C20H22NO6-. The number of carboxylic acids is 1. The van der Waals surface area contributed by atoms with Crippen molar-refractivity contribution in [3.05, 3.63) is 46.5 Å². The molecule has 2 rings (SSSR count). The highest BCUT2D eigenvalue weighted by Crippen LogP contribution is 2.33. The Labute approximate surface area is 157 Å². The van der Waals surface area contributed by atoms with Gasteiger partial charge in [0.1, 0.15) is 5.75 Å². The Morgan fingerprint density at radius 2 is 1.48 bits per heavy atom. The molecule has 0 aromatic heterocycles. The molecule has 144 valence electrons. The second kappa shape index (κ2) is 8.44.